The number of H-pyrrole nitrogens is 1. The molecule has 0 aliphatic carbocycles. The zero-order valence-electron chi connectivity index (χ0n) is 7.18. The van der Waals surface area contributed by atoms with Crippen LogP contribution in [-0.4, -0.2) is 16.1 Å². The maximum Gasteiger partial charge on any atom is 0.189 e. The number of benzene rings is 1. The van der Waals surface area contributed by atoms with Crippen molar-refractivity contribution in [2.75, 3.05) is 5.33 Å². The molecule has 1 N–H and O–H groups in total. The highest BCUT2D eigenvalue weighted by Gasteiger charge is 2.07. The number of carbonyl (C=O) groups is 1. The van der Waals surface area contributed by atoms with Crippen molar-refractivity contribution in [1.29, 1.82) is 0 Å². The molecule has 0 bridgehead atoms. The van der Waals surface area contributed by atoms with Crippen molar-refractivity contribution in [3.05, 3.63) is 35.0 Å². The Morgan fingerprint density at radius 3 is 2.93 bits per heavy atom. The van der Waals surface area contributed by atoms with E-state index in [1.165, 1.54) is 0 Å². The topological polar surface area (TPSA) is 32.9 Å². The summed E-state index contributed by atoms with van der Waals surface area (Å²) in [7, 11) is 0. The number of rotatable bonds is 2. The number of aromatic nitrogens is 1. The Labute approximate surface area is 94.4 Å². The van der Waals surface area contributed by atoms with Gasteiger partial charge in [0.25, 0.3) is 0 Å². The molecule has 2 rings (SSSR count). The maximum absolute atomic E-state index is 11.4. The number of hydrogen-bond acceptors (Lipinski definition) is 1. The molecule has 0 atom stereocenters. The fourth-order valence-corrected chi connectivity index (χ4v) is 1.80. The van der Waals surface area contributed by atoms with Gasteiger partial charge in [-0.1, -0.05) is 33.6 Å². The molecule has 0 aliphatic rings. The normalized spacial score (nSPS) is 10.7. The third-order valence-corrected chi connectivity index (χ3v) is 2.75. The SMILES string of the molecule is O=C(CBr)c1cc2ccc(Cl)cc2[nH]1. The lowest BCUT2D eigenvalue weighted by molar-refractivity contribution is 0.102. The Balaban J connectivity index is 2.56. The van der Waals surface area contributed by atoms with Crippen LogP contribution in [0.5, 0.6) is 0 Å². The third-order valence-electron chi connectivity index (χ3n) is 2.01. The average Bonchev–Trinajstić information content (AvgIpc) is 2.59. The van der Waals surface area contributed by atoms with E-state index in [9.17, 15) is 4.79 Å². The van der Waals surface area contributed by atoms with Crippen LogP contribution in [-0.2, 0) is 0 Å². The lowest BCUT2D eigenvalue weighted by atomic mass is 10.2. The number of alkyl halides is 1. The lowest BCUT2D eigenvalue weighted by Gasteiger charge is -1.90. The Kier molecular flexibility index (Phi) is 2.61. The Bertz CT molecular complexity index is 492. The number of ketones is 1. The van der Waals surface area contributed by atoms with E-state index in [0.717, 1.165) is 10.9 Å². The summed E-state index contributed by atoms with van der Waals surface area (Å²) in [4.78, 5) is 14.4. The Hall–Kier alpha value is -0.800. The van der Waals surface area contributed by atoms with Gasteiger partial charge in [0.2, 0.25) is 0 Å². The first-order valence-electron chi connectivity index (χ1n) is 4.08. The Morgan fingerprint density at radius 1 is 1.43 bits per heavy atom. The van der Waals surface area contributed by atoms with Crippen molar-refractivity contribution >= 4 is 44.2 Å². The second-order valence-corrected chi connectivity index (χ2v) is 3.97. The summed E-state index contributed by atoms with van der Waals surface area (Å²) in [6.07, 6.45) is 0. The molecule has 0 fully saturated rings. The van der Waals surface area contributed by atoms with E-state index in [-0.39, 0.29) is 5.78 Å². The molecular weight excluding hydrogens is 265 g/mol. The van der Waals surface area contributed by atoms with Crippen LogP contribution in [0, 0.1) is 0 Å². The Morgan fingerprint density at radius 2 is 2.21 bits per heavy atom. The summed E-state index contributed by atoms with van der Waals surface area (Å²) in [5.74, 6) is 0.0392. The van der Waals surface area contributed by atoms with E-state index in [0.29, 0.717) is 16.0 Å². The van der Waals surface area contributed by atoms with E-state index in [1.807, 2.05) is 18.2 Å². The fraction of sp³-hybridized carbons (Fsp3) is 0.100. The van der Waals surface area contributed by atoms with Gasteiger partial charge in [0.15, 0.2) is 5.78 Å². The molecule has 4 heteroatoms. The lowest BCUT2D eigenvalue weighted by Crippen LogP contribution is -1.99. The van der Waals surface area contributed by atoms with Crippen LogP contribution < -0.4 is 0 Å². The minimum Gasteiger partial charge on any atom is -0.352 e. The molecule has 0 radical (unpaired) electrons. The average molecular weight is 273 g/mol. The number of Topliss-reactive ketones (excluding diaryl/α,β-unsaturated/α-hetero) is 1. The summed E-state index contributed by atoms with van der Waals surface area (Å²) >= 11 is 8.95. The van der Waals surface area contributed by atoms with Crippen LogP contribution in [0.25, 0.3) is 10.9 Å². The molecule has 1 aromatic carbocycles. The van der Waals surface area contributed by atoms with Gasteiger partial charge in [0, 0.05) is 15.9 Å². The highest BCUT2D eigenvalue weighted by molar-refractivity contribution is 9.09. The van der Waals surface area contributed by atoms with Crippen LogP contribution in [0.2, 0.25) is 5.02 Å². The van der Waals surface area contributed by atoms with Gasteiger partial charge in [-0.05, 0) is 18.2 Å². The fourth-order valence-electron chi connectivity index (χ4n) is 1.32. The highest BCUT2D eigenvalue weighted by Crippen LogP contribution is 2.20. The van der Waals surface area contributed by atoms with Crippen molar-refractivity contribution in [2.24, 2.45) is 0 Å². The van der Waals surface area contributed by atoms with E-state index >= 15 is 0 Å². The number of fused-ring (bicyclic) bond motifs is 1. The molecular formula is C10H7BrClNO. The van der Waals surface area contributed by atoms with Gasteiger partial charge >= 0.3 is 0 Å². The van der Waals surface area contributed by atoms with Crippen LogP contribution in [0.3, 0.4) is 0 Å². The second kappa shape index (κ2) is 3.75. The van der Waals surface area contributed by atoms with Gasteiger partial charge in [-0.15, -0.1) is 0 Å². The molecule has 1 aromatic heterocycles. The molecule has 0 spiro atoms. The van der Waals surface area contributed by atoms with E-state index in [1.54, 1.807) is 6.07 Å². The number of aromatic amines is 1. The first-order valence-corrected chi connectivity index (χ1v) is 5.58. The first kappa shape index (κ1) is 9.74. The number of halogens is 2. The largest absolute Gasteiger partial charge is 0.352 e. The predicted molar refractivity (Wildman–Crippen MR) is 61.4 cm³/mol. The summed E-state index contributed by atoms with van der Waals surface area (Å²) in [5.41, 5.74) is 1.50. The second-order valence-electron chi connectivity index (χ2n) is 2.97. The first-order chi connectivity index (χ1) is 6.70. The summed E-state index contributed by atoms with van der Waals surface area (Å²) in [6.45, 7) is 0. The van der Waals surface area contributed by atoms with Crippen LogP contribution in [0.15, 0.2) is 24.3 Å². The maximum atomic E-state index is 11.4. The minimum atomic E-state index is 0.0392. The molecule has 14 heavy (non-hydrogen) atoms. The number of nitrogens with one attached hydrogen (secondary N) is 1. The van der Waals surface area contributed by atoms with E-state index < -0.39 is 0 Å². The zero-order chi connectivity index (χ0) is 10.1. The van der Waals surface area contributed by atoms with Crippen molar-refractivity contribution in [1.82, 2.24) is 4.98 Å². The molecule has 0 unspecified atom stereocenters. The number of carbonyl (C=O) groups excluding carboxylic acids is 1. The smallest absolute Gasteiger partial charge is 0.189 e. The van der Waals surface area contributed by atoms with Crippen molar-refractivity contribution in [2.45, 2.75) is 0 Å². The molecule has 0 aliphatic heterocycles. The molecule has 0 saturated heterocycles. The van der Waals surface area contributed by atoms with Crippen molar-refractivity contribution < 1.29 is 4.79 Å². The van der Waals surface area contributed by atoms with Gasteiger partial charge in [-0.3, -0.25) is 4.79 Å². The van der Waals surface area contributed by atoms with Gasteiger partial charge in [-0.25, -0.2) is 0 Å². The highest BCUT2D eigenvalue weighted by atomic mass is 79.9. The van der Waals surface area contributed by atoms with Gasteiger partial charge < -0.3 is 4.98 Å². The standard InChI is InChI=1S/C10H7BrClNO/c11-5-10(14)9-3-6-1-2-7(12)4-8(6)13-9/h1-4,13H,5H2. The van der Waals surface area contributed by atoms with E-state index in [2.05, 4.69) is 20.9 Å². The number of hydrogen-bond donors (Lipinski definition) is 1. The third kappa shape index (κ3) is 1.70. The summed E-state index contributed by atoms with van der Waals surface area (Å²) in [6, 6.07) is 7.33. The van der Waals surface area contributed by atoms with Crippen molar-refractivity contribution in [3.63, 3.8) is 0 Å². The van der Waals surface area contributed by atoms with E-state index in [4.69, 9.17) is 11.6 Å². The molecule has 2 nitrogen and oxygen atoms in total. The van der Waals surface area contributed by atoms with Crippen LogP contribution in [0.1, 0.15) is 10.5 Å². The van der Waals surface area contributed by atoms with Crippen LogP contribution in [0.4, 0.5) is 0 Å². The minimum absolute atomic E-state index is 0.0392. The predicted octanol–water partition coefficient (Wildman–Crippen LogP) is 3.40. The quantitative estimate of drug-likeness (QED) is 0.659. The summed E-state index contributed by atoms with van der Waals surface area (Å²) < 4.78 is 0. The van der Waals surface area contributed by atoms with Gasteiger partial charge in [0.05, 0.1) is 11.0 Å². The molecule has 0 saturated carbocycles. The van der Waals surface area contributed by atoms with Crippen LogP contribution >= 0.6 is 27.5 Å². The molecule has 1 heterocycles. The molecule has 2 aromatic rings. The van der Waals surface area contributed by atoms with Gasteiger partial charge in [-0.2, -0.15) is 0 Å². The summed E-state index contributed by atoms with van der Waals surface area (Å²) in [5, 5.41) is 1.99. The molecule has 72 valence electrons. The zero-order valence-corrected chi connectivity index (χ0v) is 9.52. The van der Waals surface area contributed by atoms with Gasteiger partial charge in [0.1, 0.15) is 0 Å². The monoisotopic (exact) mass is 271 g/mol. The molecule has 0 amide bonds. The van der Waals surface area contributed by atoms with Crippen molar-refractivity contribution in [3.8, 4) is 0 Å².